The fourth-order valence-electron chi connectivity index (χ4n) is 1.24. The number of rotatable bonds is 2. The van der Waals surface area contributed by atoms with Crippen molar-refractivity contribution in [3.05, 3.63) is 30.4 Å². The number of nitrogens with zero attached hydrogens (tertiary/aromatic N) is 3. The normalized spacial score (nSPS) is 13.4. The molecule has 2 rings (SSSR count). The minimum Gasteiger partial charge on any atom is -0.394 e. The molecule has 5 heteroatoms. The van der Waals surface area contributed by atoms with Crippen LogP contribution in [0.4, 0.5) is 0 Å². The van der Waals surface area contributed by atoms with Crippen LogP contribution in [0, 0.1) is 0 Å². The molecule has 1 unspecified atom stereocenters. The molecule has 0 amide bonds. The predicted molar refractivity (Wildman–Crippen MR) is 47.0 cm³/mol. The number of aliphatic hydroxyl groups excluding tert-OH is 1. The van der Waals surface area contributed by atoms with Gasteiger partial charge in [0, 0.05) is 18.0 Å². The zero-order valence-electron chi connectivity index (χ0n) is 6.96. The van der Waals surface area contributed by atoms with Crippen LogP contribution in [0.3, 0.4) is 0 Å². The van der Waals surface area contributed by atoms with Crippen molar-refractivity contribution in [1.82, 2.24) is 14.6 Å². The van der Waals surface area contributed by atoms with E-state index in [0.29, 0.717) is 0 Å². The van der Waals surface area contributed by atoms with Crippen LogP contribution in [-0.2, 0) is 0 Å². The number of hydrogen-bond acceptors (Lipinski definition) is 4. The summed E-state index contributed by atoms with van der Waals surface area (Å²) in [5, 5.41) is 13.0. The van der Waals surface area contributed by atoms with E-state index in [9.17, 15) is 0 Å². The first-order valence-electron chi connectivity index (χ1n) is 3.96. The van der Waals surface area contributed by atoms with Crippen molar-refractivity contribution in [2.45, 2.75) is 6.04 Å². The second kappa shape index (κ2) is 3.12. The van der Waals surface area contributed by atoms with Gasteiger partial charge in [0.1, 0.15) is 0 Å². The average molecular weight is 178 g/mol. The molecular weight excluding hydrogens is 168 g/mol. The number of nitrogens with two attached hydrogens (primary N) is 1. The highest BCUT2D eigenvalue weighted by atomic mass is 16.3. The summed E-state index contributed by atoms with van der Waals surface area (Å²) < 4.78 is 1.68. The standard InChI is InChI=1S/C8H10N4O/c9-7(5-13)6-3-11-12-2-1-10-4-8(6)12/h1-4,7,13H,5,9H2. The van der Waals surface area contributed by atoms with Crippen molar-refractivity contribution < 1.29 is 5.11 Å². The second-order valence-corrected chi connectivity index (χ2v) is 2.80. The summed E-state index contributed by atoms with van der Waals surface area (Å²) in [5.41, 5.74) is 7.33. The van der Waals surface area contributed by atoms with Gasteiger partial charge < -0.3 is 10.8 Å². The summed E-state index contributed by atoms with van der Waals surface area (Å²) in [7, 11) is 0. The third-order valence-corrected chi connectivity index (χ3v) is 1.95. The largest absolute Gasteiger partial charge is 0.394 e. The molecule has 0 aliphatic carbocycles. The summed E-state index contributed by atoms with van der Waals surface area (Å²) in [5.74, 6) is 0. The Kier molecular flexibility index (Phi) is 1.96. The molecule has 0 saturated heterocycles. The van der Waals surface area contributed by atoms with Crippen LogP contribution < -0.4 is 5.73 Å². The zero-order valence-corrected chi connectivity index (χ0v) is 6.96. The quantitative estimate of drug-likeness (QED) is 0.663. The van der Waals surface area contributed by atoms with Crippen molar-refractivity contribution in [1.29, 1.82) is 0 Å². The second-order valence-electron chi connectivity index (χ2n) is 2.80. The Labute approximate surface area is 74.8 Å². The van der Waals surface area contributed by atoms with E-state index in [0.717, 1.165) is 11.1 Å². The van der Waals surface area contributed by atoms with Crippen molar-refractivity contribution >= 4 is 5.52 Å². The van der Waals surface area contributed by atoms with Crippen molar-refractivity contribution in [3.63, 3.8) is 0 Å². The lowest BCUT2D eigenvalue weighted by Crippen LogP contribution is -2.14. The average Bonchev–Trinajstić information content (AvgIpc) is 2.60. The SMILES string of the molecule is NC(CO)c1cnn2ccncc12. The number of aliphatic hydroxyl groups is 1. The molecule has 0 aromatic carbocycles. The third-order valence-electron chi connectivity index (χ3n) is 1.95. The van der Waals surface area contributed by atoms with Crippen LogP contribution in [0.25, 0.3) is 5.52 Å². The van der Waals surface area contributed by atoms with Crippen LogP contribution in [0.15, 0.2) is 24.8 Å². The van der Waals surface area contributed by atoms with E-state index in [2.05, 4.69) is 10.1 Å². The molecule has 2 aromatic rings. The molecule has 0 spiro atoms. The minimum atomic E-state index is -0.387. The van der Waals surface area contributed by atoms with E-state index in [-0.39, 0.29) is 12.6 Å². The number of hydrogen-bond donors (Lipinski definition) is 2. The molecular formula is C8H10N4O. The Hall–Kier alpha value is -1.46. The van der Waals surface area contributed by atoms with Gasteiger partial charge in [0.2, 0.25) is 0 Å². The van der Waals surface area contributed by atoms with E-state index < -0.39 is 0 Å². The van der Waals surface area contributed by atoms with Crippen LogP contribution in [0.5, 0.6) is 0 Å². The highest BCUT2D eigenvalue weighted by Crippen LogP contribution is 2.14. The fourth-order valence-corrected chi connectivity index (χ4v) is 1.24. The Balaban J connectivity index is 2.57. The van der Waals surface area contributed by atoms with Gasteiger partial charge in [-0.3, -0.25) is 4.98 Å². The van der Waals surface area contributed by atoms with Crippen LogP contribution in [0.2, 0.25) is 0 Å². The van der Waals surface area contributed by atoms with E-state index in [1.54, 1.807) is 29.3 Å². The Morgan fingerprint density at radius 2 is 2.38 bits per heavy atom. The molecule has 0 aliphatic rings. The lowest BCUT2D eigenvalue weighted by Gasteiger charge is -2.04. The Morgan fingerprint density at radius 3 is 3.15 bits per heavy atom. The predicted octanol–water partition coefficient (Wildman–Crippen LogP) is -0.279. The zero-order chi connectivity index (χ0) is 9.26. The maximum absolute atomic E-state index is 8.88. The molecule has 0 saturated carbocycles. The molecule has 0 aliphatic heterocycles. The van der Waals surface area contributed by atoms with E-state index in [4.69, 9.17) is 10.8 Å². The molecule has 3 N–H and O–H groups in total. The lowest BCUT2D eigenvalue weighted by molar-refractivity contribution is 0.268. The monoisotopic (exact) mass is 178 g/mol. The minimum absolute atomic E-state index is 0.0871. The third kappa shape index (κ3) is 1.28. The molecule has 2 heterocycles. The first-order chi connectivity index (χ1) is 6.33. The van der Waals surface area contributed by atoms with Gasteiger partial charge in [0.15, 0.2) is 0 Å². The fraction of sp³-hybridized carbons (Fsp3) is 0.250. The molecule has 0 bridgehead atoms. The summed E-state index contributed by atoms with van der Waals surface area (Å²) >= 11 is 0. The summed E-state index contributed by atoms with van der Waals surface area (Å²) in [6, 6.07) is -0.387. The van der Waals surface area contributed by atoms with E-state index in [1.807, 2.05) is 0 Å². The van der Waals surface area contributed by atoms with Crippen LogP contribution in [-0.4, -0.2) is 26.3 Å². The number of fused-ring (bicyclic) bond motifs is 1. The van der Waals surface area contributed by atoms with Crippen LogP contribution in [0.1, 0.15) is 11.6 Å². The molecule has 5 nitrogen and oxygen atoms in total. The first kappa shape index (κ1) is 8.15. The molecule has 0 radical (unpaired) electrons. The summed E-state index contributed by atoms with van der Waals surface area (Å²) in [4.78, 5) is 3.96. The van der Waals surface area contributed by atoms with Gasteiger partial charge in [-0.2, -0.15) is 5.10 Å². The Morgan fingerprint density at radius 1 is 1.54 bits per heavy atom. The highest BCUT2D eigenvalue weighted by Gasteiger charge is 2.10. The molecule has 13 heavy (non-hydrogen) atoms. The molecule has 1 atom stereocenters. The van der Waals surface area contributed by atoms with Gasteiger partial charge in [-0.1, -0.05) is 0 Å². The molecule has 0 fully saturated rings. The van der Waals surface area contributed by atoms with E-state index >= 15 is 0 Å². The summed E-state index contributed by atoms with van der Waals surface area (Å²) in [6.45, 7) is -0.0871. The topological polar surface area (TPSA) is 76.4 Å². The Bertz CT molecular complexity index is 411. The number of aromatic nitrogens is 3. The molecule has 2 aromatic heterocycles. The highest BCUT2D eigenvalue weighted by molar-refractivity contribution is 5.52. The smallest absolute Gasteiger partial charge is 0.0893 e. The van der Waals surface area contributed by atoms with Gasteiger partial charge in [0.05, 0.1) is 30.6 Å². The van der Waals surface area contributed by atoms with Crippen LogP contribution >= 0.6 is 0 Å². The maximum atomic E-state index is 8.88. The van der Waals surface area contributed by atoms with Gasteiger partial charge in [-0.25, -0.2) is 4.52 Å². The maximum Gasteiger partial charge on any atom is 0.0893 e. The lowest BCUT2D eigenvalue weighted by atomic mass is 10.1. The summed E-state index contributed by atoms with van der Waals surface area (Å²) in [6.07, 6.45) is 6.72. The van der Waals surface area contributed by atoms with Gasteiger partial charge >= 0.3 is 0 Å². The van der Waals surface area contributed by atoms with E-state index in [1.165, 1.54) is 0 Å². The van der Waals surface area contributed by atoms with Gasteiger partial charge in [0.25, 0.3) is 0 Å². The van der Waals surface area contributed by atoms with Gasteiger partial charge in [-0.05, 0) is 0 Å². The first-order valence-corrected chi connectivity index (χ1v) is 3.96. The molecule has 68 valence electrons. The van der Waals surface area contributed by atoms with Gasteiger partial charge in [-0.15, -0.1) is 0 Å². The van der Waals surface area contributed by atoms with Crippen molar-refractivity contribution in [2.75, 3.05) is 6.61 Å². The van der Waals surface area contributed by atoms with Crippen molar-refractivity contribution in [2.24, 2.45) is 5.73 Å². The van der Waals surface area contributed by atoms with Crippen molar-refractivity contribution in [3.8, 4) is 0 Å².